The normalized spacial score (nSPS) is 12.8. The van der Waals surface area contributed by atoms with E-state index in [1.165, 1.54) is 96.3 Å². The van der Waals surface area contributed by atoms with Gasteiger partial charge in [0.1, 0.15) is 6.61 Å². The van der Waals surface area contributed by atoms with Crippen molar-refractivity contribution >= 4 is 11.9 Å². The molecule has 0 aliphatic heterocycles. The molecule has 0 aliphatic carbocycles. The fourth-order valence-corrected chi connectivity index (χ4v) is 6.59. The molecule has 0 heterocycles. The Bertz CT molecular complexity index is 1050. The Kier molecular flexibility index (Phi) is 46.5. The predicted molar refractivity (Wildman–Crippen MR) is 251 cm³/mol. The van der Waals surface area contributed by atoms with E-state index in [1.807, 2.05) is 0 Å². The predicted octanol–water partition coefficient (Wildman–Crippen LogP) is 16.3. The van der Waals surface area contributed by atoms with Gasteiger partial charge in [-0.15, -0.1) is 0 Å². The summed E-state index contributed by atoms with van der Waals surface area (Å²) in [5.41, 5.74) is 0. The maximum Gasteiger partial charge on any atom is 0.306 e. The van der Waals surface area contributed by atoms with Crippen LogP contribution in [-0.4, -0.2) is 37.9 Å². The van der Waals surface area contributed by atoms with Crippen molar-refractivity contribution in [2.75, 3.05) is 19.8 Å². The van der Waals surface area contributed by atoms with Gasteiger partial charge in [-0.25, -0.2) is 0 Å². The number of allylic oxidation sites excluding steroid dienone is 12. The van der Waals surface area contributed by atoms with Gasteiger partial charge in [-0.05, 0) is 89.9 Å². The van der Waals surface area contributed by atoms with E-state index < -0.39 is 6.10 Å². The Labute approximate surface area is 359 Å². The van der Waals surface area contributed by atoms with E-state index in [-0.39, 0.29) is 25.2 Å². The number of unbranched alkanes of at least 4 members (excludes halogenated alkanes) is 21. The molecule has 0 aromatic carbocycles. The van der Waals surface area contributed by atoms with Crippen LogP contribution in [0.2, 0.25) is 0 Å². The zero-order valence-corrected chi connectivity index (χ0v) is 38.3. The molecule has 0 aromatic heterocycles. The second kappa shape index (κ2) is 48.7. The molecule has 0 N–H and O–H groups in total. The molecular weight excluding hydrogens is 717 g/mol. The van der Waals surface area contributed by atoms with Gasteiger partial charge in [0.15, 0.2) is 6.10 Å². The van der Waals surface area contributed by atoms with E-state index >= 15 is 0 Å². The van der Waals surface area contributed by atoms with E-state index in [0.717, 1.165) is 96.3 Å². The van der Waals surface area contributed by atoms with E-state index in [9.17, 15) is 9.59 Å². The summed E-state index contributed by atoms with van der Waals surface area (Å²) < 4.78 is 17.3. The summed E-state index contributed by atoms with van der Waals surface area (Å²) in [6, 6.07) is 0. The van der Waals surface area contributed by atoms with Crippen molar-refractivity contribution < 1.29 is 23.8 Å². The lowest BCUT2D eigenvalue weighted by atomic mass is 10.1. The van der Waals surface area contributed by atoms with Crippen LogP contribution in [0.25, 0.3) is 0 Å². The van der Waals surface area contributed by atoms with Gasteiger partial charge in [0.2, 0.25) is 0 Å². The standard InChI is InChI=1S/C53H92O5/c1-4-7-10-13-16-18-20-22-24-26-27-28-29-31-33-35-38-40-43-46-52(54)57-50-51(58-53(55)47-44-41-37-15-12-9-6-3)49-56-48-45-42-39-36-34-32-30-25-23-21-19-17-14-11-8-5-2/h8,11,16-19,22-25,32,34,51H,4-7,9-10,12-15,20-21,26-31,33,35-50H2,1-3H3/b11-8-,18-16-,19-17-,24-22-,25-23-,34-32-. The lowest BCUT2D eigenvalue weighted by molar-refractivity contribution is -0.163. The van der Waals surface area contributed by atoms with Crippen molar-refractivity contribution in [3.05, 3.63) is 72.9 Å². The van der Waals surface area contributed by atoms with Crippen molar-refractivity contribution in [1.82, 2.24) is 0 Å². The topological polar surface area (TPSA) is 61.8 Å². The van der Waals surface area contributed by atoms with Gasteiger partial charge in [0.25, 0.3) is 0 Å². The molecule has 1 unspecified atom stereocenters. The third-order valence-electron chi connectivity index (χ3n) is 10.2. The van der Waals surface area contributed by atoms with Crippen LogP contribution in [0.5, 0.6) is 0 Å². The maximum absolute atomic E-state index is 12.6. The summed E-state index contributed by atoms with van der Waals surface area (Å²) in [5, 5.41) is 0. The number of ether oxygens (including phenoxy) is 3. The van der Waals surface area contributed by atoms with Gasteiger partial charge in [-0.2, -0.15) is 0 Å². The van der Waals surface area contributed by atoms with Crippen LogP contribution in [0.1, 0.15) is 226 Å². The molecule has 0 radical (unpaired) electrons. The largest absolute Gasteiger partial charge is 0.462 e. The van der Waals surface area contributed by atoms with E-state index in [1.54, 1.807) is 0 Å². The zero-order valence-electron chi connectivity index (χ0n) is 38.3. The first-order chi connectivity index (χ1) is 28.6. The van der Waals surface area contributed by atoms with Crippen molar-refractivity contribution in [3.8, 4) is 0 Å². The summed E-state index contributed by atoms with van der Waals surface area (Å²) in [6.45, 7) is 7.58. The number of hydrogen-bond acceptors (Lipinski definition) is 5. The molecule has 0 bridgehead atoms. The van der Waals surface area contributed by atoms with Crippen molar-refractivity contribution in [2.24, 2.45) is 0 Å². The number of carbonyl (C=O) groups excluding carboxylic acids is 2. The molecule has 5 heteroatoms. The second-order valence-corrected chi connectivity index (χ2v) is 16.0. The SMILES string of the molecule is CC/C=C\C/C=C\C/C=C\C/C=C\CCCCCOCC(COC(=O)CCCCCCCCCCC/C=C\C/C=C\CCCCC)OC(=O)CCCCCCCCC. The number of esters is 2. The van der Waals surface area contributed by atoms with Crippen LogP contribution < -0.4 is 0 Å². The molecule has 1 atom stereocenters. The highest BCUT2D eigenvalue weighted by Crippen LogP contribution is 2.14. The summed E-state index contributed by atoms with van der Waals surface area (Å²) in [5.74, 6) is -0.426. The third-order valence-corrected chi connectivity index (χ3v) is 10.2. The van der Waals surface area contributed by atoms with Crippen LogP contribution in [0.3, 0.4) is 0 Å². The monoisotopic (exact) mass is 809 g/mol. The Balaban J connectivity index is 4.17. The molecule has 58 heavy (non-hydrogen) atoms. The van der Waals surface area contributed by atoms with Gasteiger partial charge in [-0.3, -0.25) is 9.59 Å². The molecule has 334 valence electrons. The Hall–Kier alpha value is -2.66. The van der Waals surface area contributed by atoms with Gasteiger partial charge in [-0.1, -0.05) is 196 Å². The molecule has 0 fully saturated rings. The second-order valence-electron chi connectivity index (χ2n) is 16.0. The summed E-state index contributed by atoms with van der Waals surface area (Å²) in [7, 11) is 0. The number of carbonyl (C=O) groups is 2. The van der Waals surface area contributed by atoms with Crippen LogP contribution in [0.4, 0.5) is 0 Å². The minimum atomic E-state index is -0.552. The summed E-state index contributed by atoms with van der Waals surface area (Å²) >= 11 is 0. The average Bonchev–Trinajstić information content (AvgIpc) is 3.22. The first-order valence-corrected chi connectivity index (χ1v) is 24.5. The summed E-state index contributed by atoms with van der Waals surface area (Å²) in [4.78, 5) is 25.2. The van der Waals surface area contributed by atoms with E-state index in [4.69, 9.17) is 14.2 Å². The molecule has 0 aromatic rings. The molecule has 0 aliphatic rings. The fourth-order valence-electron chi connectivity index (χ4n) is 6.59. The third kappa shape index (κ3) is 46.0. The smallest absolute Gasteiger partial charge is 0.306 e. The number of hydrogen-bond donors (Lipinski definition) is 0. The lowest BCUT2D eigenvalue weighted by Crippen LogP contribution is -2.30. The van der Waals surface area contributed by atoms with Gasteiger partial charge >= 0.3 is 11.9 Å². The first-order valence-electron chi connectivity index (χ1n) is 24.5. The highest BCUT2D eigenvalue weighted by Gasteiger charge is 2.17. The zero-order chi connectivity index (χ0) is 42.1. The Morgan fingerprint density at radius 1 is 0.397 bits per heavy atom. The minimum absolute atomic E-state index is 0.0688. The highest BCUT2D eigenvalue weighted by atomic mass is 16.6. The van der Waals surface area contributed by atoms with Gasteiger partial charge in [0, 0.05) is 19.4 Å². The number of rotatable bonds is 44. The Morgan fingerprint density at radius 3 is 1.28 bits per heavy atom. The molecule has 0 saturated carbocycles. The summed E-state index contributed by atoms with van der Waals surface area (Å²) in [6.07, 6.45) is 62.0. The minimum Gasteiger partial charge on any atom is -0.462 e. The fraction of sp³-hybridized carbons (Fsp3) is 0.736. The van der Waals surface area contributed by atoms with Crippen molar-refractivity contribution in [2.45, 2.75) is 232 Å². The molecular formula is C53H92O5. The molecule has 5 nitrogen and oxygen atoms in total. The van der Waals surface area contributed by atoms with Crippen LogP contribution in [0.15, 0.2) is 72.9 Å². The van der Waals surface area contributed by atoms with Crippen LogP contribution >= 0.6 is 0 Å². The quantitative estimate of drug-likeness (QED) is 0.0348. The molecule has 0 rings (SSSR count). The average molecular weight is 809 g/mol. The first kappa shape index (κ1) is 55.3. The van der Waals surface area contributed by atoms with E-state index in [0.29, 0.717) is 19.4 Å². The van der Waals surface area contributed by atoms with Gasteiger partial charge < -0.3 is 14.2 Å². The van der Waals surface area contributed by atoms with Crippen molar-refractivity contribution in [1.29, 1.82) is 0 Å². The maximum atomic E-state index is 12.6. The highest BCUT2D eigenvalue weighted by molar-refractivity contribution is 5.70. The molecule has 0 saturated heterocycles. The van der Waals surface area contributed by atoms with Crippen LogP contribution in [0, 0.1) is 0 Å². The lowest BCUT2D eigenvalue weighted by Gasteiger charge is -2.18. The Morgan fingerprint density at radius 2 is 0.776 bits per heavy atom. The van der Waals surface area contributed by atoms with Gasteiger partial charge in [0.05, 0.1) is 6.61 Å². The van der Waals surface area contributed by atoms with Crippen LogP contribution in [-0.2, 0) is 23.8 Å². The van der Waals surface area contributed by atoms with Crippen molar-refractivity contribution in [3.63, 3.8) is 0 Å². The molecule has 0 spiro atoms. The van der Waals surface area contributed by atoms with E-state index in [2.05, 4.69) is 93.7 Å². The molecule has 0 amide bonds.